The lowest BCUT2D eigenvalue weighted by Crippen LogP contribution is -2.43. The van der Waals surface area contributed by atoms with Gasteiger partial charge in [0.15, 0.2) is 0 Å². The normalized spacial score (nSPS) is 16.6. The zero-order valence-corrected chi connectivity index (χ0v) is 15.6. The Hall–Kier alpha value is -1.18. The van der Waals surface area contributed by atoms with Crippen LogP contribution in [0.2, 0.25) is 8.67 Å². The van der Waals surface area contributed by atoms with E-state index in [-0.39, 0.29) is 17.8 Å². The third-order valence-electron chi connectivity index (χ3n) is 4.08. The van der Waals surface area contributed by atoms with Crippen LogP contribution in [0, 0.1) is 5.82 Å². The number of hydrogen-bond donors (Lipinski definition) is 1. The number of thiophene rings is 1. The Kier molecular flexibility index (Phi) is 6.30. The van der Waals surface area contributed by atoms with E-state index in [4.69, 9.17) is 27.9 Å². The fourth-order valence-corrected chi connectivity index (χ4v) is 4.30. The number of hydrogen-bond acceptors (Lipinski definition) is 4. The molecule has 0 aliphatic carbocycles. The highest BCUT2D eigenvalue weighted by molar-refractivity contribution is 7.20. The second-order valence-corrected chi connectivity index (χ2v) is 7.95. The van der Waals surface area contributed by atoms with Crippen molar-refractivity contribution in [2.75, 3.05) is 32.8 Å². The van der Waals surface area contributed by atoms with E-state index in [1.165, 1.54) is 12.1 Å². The predicted octanol–water partition coefficient (Wildman–Crippen LogP) is 4.00. The molecule has 1 fully saturated rings. The molecule has 0 saturated carbocycles. The average Bonchev–Trinajstić information content (AvgIpc) is 2.94. The summed E-state index contributed by atoms with van der Waals surface area (Å²) in [7, 11) is 0. The van der Waals surface area contributed by atoms with E-state index in [1.54, 1.807) is 12.1 Å². The predicted molar refractivity (Wildman–Crippen MR) is 98.2 cm³/mol. The number of ether oxygens (including phenoxy) is 1. The fourth-order valence-electron chi connectivity index (χ4n) is 2.84. The van der Waals surface area contributed by atoms with E-state index in [9.17, 15) is 9.18 Å². The van der Waals surface area contributed by atoms with Crippen molar-refractivity contribution in [3.05, 3.63) is 55.9 Å². The SMILES string of the molecule is O=C(NCC(c1cccc(F)c1)N1CCOCC1)c1cc(Cl)sc1Cl. The Labute approximate surface area is 159 Å². The van der Waals surface area contributed by atoms with Crippen LogP contribution in [0.5, 0.6) is 0 Å². The molecule has 1 aromatic heterocycles. The van der Waals surface area contributed by atoms with Gasteiger partial charge in [0.1, 0.15) is 10.2 Å². The summed E-state index contributed by atoms with van der Waals surface area (Å²) in [5.41, 5.74) is 1.17. The molecule has 1 aromatic carbocycles. The highest BCUT2D eigenvalue weighted by Gasteiger charge is 2.24. The quantitative estimate of drug-likeness (QED) is 0.821. The summed E-state index contributed by atoms with van der Waals surface area (Å²) in [6.45, 7) is 3.02. The second-order valence-electron chi connectivity index (χ2n) is 5.67. The van der Waals surface area contributed by atoms with Crippen molar-refractivity contribution < 1.29 is 13.9 Å². The summed E-state index contributed by atoms with van der Waals surface area (Å²) in [6.07, 6.45) is 0. The van der Waals surface area contributed by atoms with Crippen LogP contribution in [0.1, 0.15) is 22.0 Å². The Morgan fingerprint density at radius 2 is 2.08 bits per heavy atom. The van der Waals surface area contributed by atoms with Crippen molar-refractivity contribution in [2.45, 2.75) is 6.04 Å². The standard InChI is InChI=1S/C17H17Cl2FN2O2S/c18-15-9-13(16(19)25-15)17(23)21-10-14(22-4-6-24-7-5-22)11-2-1-3-12(20)8-11/h1-3,8-9,14H,4-7,10H2,(H,21,23). The summed E-state index contributed by atoms with van der Waals surface area (Å²) in [6, 6.07) is 7.86. The largest absolute Gasteiger partial charge is 0.379 e. The highest BCUT2D eigenvalue weighted by Crippen LogP contribution is 2.31. The van der Waals surface area contributed by atoms with Crippen LogP contribution in [0.3, 0.4) is 0 Å². The maximum absolute atomic E-state index is 13.7. The second kappa shape index (κ2) is 8.47. The van der Waals surface area contributed by atoms with Gasteiger partial charge in [0.2, 0.25) is 0 Å². The Balaban J connectivity index is 1.75. The lowest BCUT2D eigenvalue weighted by molar-refractivity contribution is 0.0162. The number of carbonyl (C=O) groups is 1. The van der Waals surface area contributed by atoms with E-state index < -0.39 is 0 Å². The number of rotatable bonds is 5. The zero-order chi connectivity index (χ0) is 17.8. The van der Waals surface area contributed by atoms with Crippen LogP contribution in [-0.4, -0.2) is 43.7 Å². The number of morpholine rings is 1. The highest BCUT2D eigenvalue weighted by atomic mass is 35.5. The first-order valence-corrected chi connectivity index (χ1v) is 9.42. The summed E-state index contributed by atoms with van der Waals surface area (Å²) >= 11 is 13.1. The third kappa shape index (κ3) is 4.71. The van der Waals surface area contributed by atoms with Gasteiger partial charge < -0.3 is 10.1 Å². The van der Waals surface area contributed by atoms with Crippen LogP contribution in [0.15, 0.2) is 30.3 Å². The van der Waals surface area contributed by atoms with Crippen molar-refractivity contribution >= 4 is 40.4 Å². The maximum Gasteiger partial charge on any atom is 0.253 e. The molecule has 134 valence electrons. The molecule has 1 N–H and O–H groups in total. The van der Waals surface area contributed by atoms with Crippen LogP contribution in [0.4, 0.5) is 4.39 Å². The molecular weight excluding hydrogens is 386 g/mol. The van der Waals surface area contributed by atoms with Crippen molar-refractivity contribution in [1.82, 2.24) is 10.2 Å². The lowest BCUT2D eigenvalue weighted by atomic mass is 10.0. The molecule has 1 amide bonds. The van der Waals surface area contributed by atoms with Crippen molar-refractivity contribution in [3.63, 3.8) is 0 Å². The van der Waals surface area contributed by atoms with Gasteiger partial charge in [0.25, 0.3) is 5.91 Å². The van der Waals surface area contributed by atoms with Crippen molar-refractivity contribution in [1.29, 1.82) is 0 Å². The van der Waals surface area contributed by atoms with E-state index >= 15 is 0 Å². The Morgan fingerprint density at radius 1 is 1.32 bits per heavy atom. The molecular formula is C17H17Cl2FN2O2S. The number of nitrogens with one attached hydrogen (secondary N) is 1. The monoisotopic (exact) mass is 402 g/mol. The minimum atomic E-state index is -0.297. The zero-order valence-electron chi connectivity index (χ0n) is 13.3. The molecule has 0 spiro atoms. The number of carbonyl (C=O) groups excluding carboxylic acids is 1. The molecule has 1 aliphatic rings. The summed E-state index contributed by atoms with van der Waals surface area (Å²) in [5.74, 6) is -0.586. The number of benzene rings is 1. The maximum atomic E-state index is 13.7. The van der Waals surface area contributed by atoms with Gasteiger partial charge in [-0.2, -0.15) is 0 Å². The molecule has 2 heterocycles. The van der Waals surface area contributed by atoms with Gasteiger partial charge in [-0.05, 0) is 23.8 Å². The molecule has 1 saturated heterocycles. The minimum Gasteiger partial charge on any atom is -0.379 e. The molecule has 25 heavy (non-hydrogen) atoms. The molecule has 0 bridgehead atoms. The summed E-state index contributed by atoms with van der Waals surface area (Å²) < 4.78 is 19.9. The summed E-state index contributed by atoms with van der Waals surface area (Å²) in [5, 5.41) is 2.89. The first-order chi connectivity index (χ1) is 12.0. The van der Waals surface area contributed by atoms with Gasteiger partial charge in [-0.3, -0.25) is 9.69 Å². The number of amides is 1. The van der Waals surface area contributed by atoms with Crippen molar-refractivity contribution in [3.8, 4) is 0 Å². The number of nitrogens with zero attached hydrogens (tertiary/aromatic N) is 1. The third-order valence-corrected chi connectivity index (χ3v) is 5.56. The van der Waals surface area contributed by atoms with Gasteiger partial charge in [-0.15, -0.1) is 11.3 Å². The van der Waals surface area contributed by atoms with Crippen LogP contribution >= 0.6 is 34.5 Å². The Bertz CT molecular complexity index is 750. The first-order valence-electron chi connectivity index (χ1n) is 7.85. The average molecular weight is 403 g/mol. The molecule has 2 aromatic rings. The molecule has 3 rings (SSSR count). The molecule has 4 nitrogen and oxygen atoms in total. The number of halogens is 3. The van der Waals surface area contributed by atoms with Gasteiger partial charge in [0, 0.05) is 19.6 Å². The molecule has 1 unspecified atom stereocenters. The van der Waals surface area contributed by atoms with Crippen LogP contribution < -0.4 is 5.32 Å². The molecule has 8 heteroatoms. The molecule has 1 atom stereocenters. The van der Waals surface area contributed by atoms with E-state index in [0.29, 0.717) is 34.0 Å². The van der Waals surface area contributed by atoms with Gasteiger partial charge >= 0.3 is 0 Å². The molecule has 0 radical (unpaired) electrons. The fraction of sp³-hybridized carbons (Fsp3) is 0.353. The van der Waals surface area contributed by atoms with Gasteiger partial charge in [-0.1, -0.05) is 35.3 Å². The van der Waals surface area contributed by atoms with Crippen LogP contribution in [-0.2, 0) is 4.74 Å². The lowest BCUT2D eigenvalue weighted by Gasteiger charge is -2.35. The topological polar surface area (TPSA) is 41.6 Å². The first kappa shape index (κ1) is 18.6. The van der Waals surface area contributed by atoms with Crippen LogP contribution in [0.25, 0.3) is 0 Å². The van der Waals surface area contributed by atoms with E-state index in [2.05, 4.69) is 10.2 Å². The van der Waals surface area contributed by atoms with Crippen molar-refractivity contribution in [2.24, 2.45) is 0 Å². The van der Waals surface area contributed by atoms with Gasteiger partial charge in [-0.25, -0.2) is 4.39 Å². The minimum absolute atomic E-state index is 0.142. The summed E-state index contributed by atoms with van der Waals surface area (Å²) in [4.78, 5) is 14.6. The smallest absolute Gasteiger partial charge is 0.253 e. The molecule has 1 aliphatic heterocycles. The Morgan fingerprint density at radius 3 is 2.72 bits per heavy atom. The van der Waals surface area contributed by atoms with Gasteiger partial charge in [0.05, 0.1) is 29.2 Å². The van der Waals surface area contributed by atoms with E-state index in [1.807, 2.05) is 6.07 Å². The van der Waals surface area contributed by atoms with E-state index in [0.717, 1.165) is 30.0 Å².